The first kappa shape index (κ1) is 17.2. The summed E-state index contributed by atoms with van der Waals surface area (Å²) in [7, 11) is 0. The lowest BCUT2D eigenvalue weighted by molar-refractivity contribution is 0.457. The van der Waals surface area contributed by atoms with Crippen molar-refractivity contribution in [1.82, 2.24) is 19.7 Å². The van der Waals surface area contributed by atoms with E-state index in [1.54, 1.807) is 0 Å². The molecule has 2 N–H and O–H groups in total. The van der Waals surface area contributed by atoms with E-state index in [1.165, 1.54) is 19.3 Å². The monoisotopic (exact) mass is 392 g/mol. The lowest BCUT2D eigenvalue weighted by atomic mass is 10.2. The molecule has 20 heavy (non-hydrogen) atoms. The molecule has 7 heteroatoms. The Bertz CT molecular complexity index is 438. The van der Waals surface area contributed by atoms with Gasteiger partial charge in [0.15, 0.2) is 11.8 Å². The van der Waals surface area contributed by atoms with Gasteiger partial charge in [0.2, 0.25) is 0 Å². The topological polar surface area (TPSA) is 72.3 Å². The molecule has 114 valence electrons. The van der Waals surface area contributed by atoms with Gasteiger partial charge in [0, 0.05) is 26.1 Å². The number of aryl methyl sites for hydroxylation is 1. The Kier molecular flexibility index (Phi) is 7.25. The van der Waals surface area contributed by atoms with Crippen molar-refractivity contribution < 1.29 is 0 Å². The molecule has 0 aromatic carbocycles. The Morgan fingerprint density at radius 1 is 1.25 bits per heavy atom. The third-order valence-corrected chi connectivity index (χ3v) is 3.66. The van der Waals surface area contributed by atoms with Crippen LogP contribution in [-0.2, 0) is 19.5 Å². The van der Waals surface area contributed by atoms with E-state index in [1.807, 2.05) is 4.90 Å². The molecule has 0 spiro atoms. The van der Waals surface area contributed by atoms with Crippen molar-refractivity contribution in [3.8, 4) is 0 Å². The summed E-state index contributed by atoms with van der Waals surface area (Å²) >= 11 is 0. The second kappa shape index (κ2) is 8.43. The van der Waals surface area contributed by atoms with Gasteiger partial charge in [0.05, 0.1) is 0 Å². The first-order valence-corrected chi connectivity index (χ1v) is 7.22. The van der Waals surface area contributed by atoms with Crippen LogP contribution >= 0.6 is 24.0 Å². The summed E-state index contributed by atoms with van der Waals surface area (Å²) in [5, 5.41) is 8.52. The molecule has 6 nitrogen and oxygen atoms in total. The summed E-state index contributed by atoms with van der Waals surface area (Å²) < 4.78 is 2.21. The number of halogens is 1. The van der Waals surface area contributed by atoms with Crippen LogP contribution < -0.4 is 5.73 Å². The SMILES string of the molecule is CCN(CC)C(N)=NCc1nnc2n1CCCCC2.I. The highest BCUT2D eigenvalue weighted by molar-refractivity contribution is 14.0. The Balaban J connectivity index is 0.00000200. The molecule has 0 atom stereocenters. The maximum Gasteiger partial charge on any atom is 0.191 e. The molecule has 1 aliphatic heterocycles. The van der Waals surface area contributed by atoms with Gasteiger partial charge in [-0.3, -0.25) is 0 Å². The summed E-state index contributed by atoms with van der Waals surface area (Å²) in [5.41, 5.74) is 5.98. The minimum absolute atomic E-state index is 0. The predicted molar refractivity (Wildman–Crippen MR) is 91.2 cm³/mol. The van der Waals surface area contributed by atoms with Gasteiger partial charge in [-0.2, -0.15) is 0 Å². The fourth-order valence-corrected chi connectivity index (χ4v) is 2.46. The molecule has 2 rings (SSSR count). The van der Waals surface area contributed by atoms with Crippen molar-refractivity contribution in [1.29, 1.82) is 0 Å². The Morgan fingerprint density at radius 3 is 2.70 bits per heavy atom. The molecular formula is C13H25IN6. The standard InChI is InChI=1S/C13H24N6.HI/c1-3-18(4-2)13(14)15-10-12-17-16-11-8-6-5-7-9-19(11)12;/h3-10H2,1-2H3,(H2,14,15);1H. The van der Waals surface area contributed by atoms with E-state index in [9.17, 15) is 0 Å². The van der Waals surface area contributed by atoms with Crippen LogP contribution in [0.25, 0.3) is 0 Å². The van der Waals surface area contributed by atoms with Gasteiger partial charge in [0.1, 0.15) is 12.4 Å². The molecule has 1 aliphatic rings. The van der Waals surface area contributed by atoms with Crippen LogP contribution in [0.3, 0.4) is 0 Å². The van der Waals surface area contributed by atoms with Gasteiger partial charge in [-0.15, -0.1) is 34.2 Å². The third-order valence-electron chi connectivity index (χ3n) is 3.66. The van der Waals surface area contributed by atoms with E-state index < -0.39 is 0 Å². The van der Waals surface area contributed by atoms with Crippen molar-refractivity contribution in [3.63, 3.8) is 0 Å². The number of rotatable bonds is 4. The third kappa shape index (κ3) is 4.07. The second-order valence-corrected chi connectivity index (χ2v) is 4.84. The van der Waals surface area contributed by atoms with Crippen LogP contribution in [0.5, 0.6) is 0 Å². The lowest BCUT2D eigenvalue weighted by Crippen LogP contribution is -2.37. The molecule has 0 bridgehead atoms. The number of fused-ring (bicyclic) bond motifs is 1. The van der Waals surface area contributed by atoms with Gasteiger partial charge in [-0.05, 0) is 26.7 Å². The maximum absolute atomic E-state index is 5.98. The van der Waals surface area contributed by atoms with E-state index in [4.69, 9.17) is 5.73 Å². The predicted octanol–water partition coefficient (Wildman–Crippen LogP) is 1.78. The average Bonchev–Trinajstić information content (AvgIpc) is 2.65. The van der Waals surface area contributed by atoms with Crippen molar-refractivity contribution in [2.75, 3.05) is 13.1 Å². The lowest BCUT2D eigenvalue weighted by Gasteiger charge is -2.19. The van der Waals surface area contributed by atoms with Crippen molar-refractivity contribution in [3.05, 3.63) is 11.6 Å². The summed E-state index contributed by atoms with van der Waals surface area (Å²) in [6.45, 7) is 7.45. The van der Waals surface area contributed by atoms with Gasteiger partial charge in [0.25, 0.3) is 0 Å². The number of hydrogen-bond donors (Lipinski definition) is 1. The number of hydrogen-bond acceptors (Lipinski definition) is 3. The highest BCUT2D eigenvalue weighted by atomic mass is 127. The minimum atomic E-state index is 0. The van der Waals surface area contributed by atoms with Crippen molar-refractivity contribution in [2.24, 2.45) is 10.7 Å². The number of nitrogens with two attached hydrogens (primary N) is 1. The van der Waals surface area contributed by atoms with Crippen LogP contribution in [0.1, 0.15) is 44.8 Å². The average molecular weight is 392 g/mol. The zero-order valence-corrected chi connectivity index (χ0v) is 14.7. The Labute approximate surface area is 137 Å². The van der Waals surface area contributed by atoms with E-state index in [0.717, 1.165) is 37.7 Å². The summed E-state index contributed by atoms with van der Waals surface area (Å²) in [6.07, 6.45) is 4.71. The van der Waals surface area contributed by atoms with Crippen molar-refractivity contribution in [2.45, 2.75) is 52.6 Å². The van der Waals surface area contributed by atoms with E-state index >= 15 is 0 Å². The van der Waals surface area contributed by atoms with Crippen LogP contribution in [0.4, 0.5) is 0 Å². The molecule has 2 heterocycles. The quantitative estimate of drug-likeness (QED) is 0.482. The number of aromatic nitrogens is 3. The normalized spacial score (nSPS) is 15.2. The van der Waals surface area contributed by atoms with Crippen molar-refractivity contribution >= 4 is 29.9 Å². The molecule has 0 radical (unpaired) electrons. The van der Waals surface area contributed by atoms with Gasteiger partial charge in [-0.25, -0.2) is 4.99 Å². The largest absolute Gasteiger partial charge is 0.370 e. The van der Waals surface area contributed by atoms with Gasteiger partial charge in [-0.1, -0.05) is 6.42 Å². The fraction of sp³-hybridized carbons (Fsp3) is 0.769. The van der Waals surface area contributed by atoms with Gasteiger partial charge < -0.3 is 15.2 Å². The van der Waals surface area contributed by atoms with Crippen LogP contribution in [0, 0.1) is 0 Å². The smallest absolute Gasteiger partial charge is 0.191 e. The molecule has 0 amide bonds. The maximum atomic E-state index is 5.98. The number of aliphatic imine (C=N–C) groups is 1. The molecule has 1 aromatic heterocycles. The molecule has 1 aromatic rings. The Hall–Kier alpha value is -0.860. The van der Waals surface area contributed by atoms with Gasteiger partial charge >= 0.3 is 0 Å². The highest BCUT2D eigenvalue weighted by Gasteiger charge is 2.14. The molecule has 0 aliphatic carbocycles. The van der Waals surface area contributed by atoms with Crippen LogP contribution in [-0.4, -0.2) is 38.7 Å². The zero-order chi connectivity index (χ0) is 13.7. The van der Waals surface area contributed by atoms with E-state index in [-0.39, 0.29) is 24.0 Å². The van der Waals surface area contributed by atoms with Crippen LogP contribution in [0.2, 0.25) is 0 Å². The summed E-state index contributed by atoms with van der Waals surface area (Å²) in [4.78, 5) is 6.49. The summed E-state index contributed by atoms with van der Waals surface area (Å²) in [6, 6.07) is 0. The Morgan fingerprint density at radius 2 is 2.00 bits per heavy atom. The molecule has 0 saturated heterocycles. The summed E-state index contributed by atoms with van der Waals surface area (Å²) in [5.74, 6) is 2.63. The van der Waals surface area contributed by atoms with E-state index in [0.29, 0.717) is 12.5 Å². The van der Waals surface area contributed by atoms with Crippen LogP contribution in [0.15, 0.2) is 4.99 Å². The molecule has 0 fully saturated rings. The van der Waals surface area contributed by atoms with E-state index in [2.05, 4.69) is 33.6 Å². The molecule has 0 unspecified atom stereocenters. The fourth-order valence-electron chi connectivity index (χ4n) is 2.46. The highest BCUT2D eigenvalue weighted by Crippen LogP contribution is 2.14. The second-order valence-electron chi connectivity index (χ2n) is 4.84. The first-order chi connectivity index (χ1) is 9.26. The molecular weight excluding hydrogens is 367 g/mol. The molecule has 0 saturated carbocycles. The number of nitrogens with zero attached hydrogens (tertiary/aromatic N) is 5. The zero-order valence-electron chi connectivity index (χ0n) is 12.4. The number of guanidine groups is 1. The first-order valence-electron chi connectivity index (χ1n) is 7.22. The minimum Gasteiger partial charge on any atom is -0.370 e.